The van der Waals surface area contributed by atoms with Gasteiger partial charge in [0.25, 0.3) is 0 Å². The number of carbonyl (C=O) groups excluding carboxylic acids is 2. The molecule has 2 heterocycles. The Morgan fingerprint density at radius 3 is 2.42 bits per heavy atom. The van der Waals surface area contributed by atoms with E-state index in [9.17, 15) is 9.59 Å². The number of nitrogens with zero attached hydrogens (tertiary/aromatic N) is 2. The number of nitrogens with one attached hydrogen (secondary N) is 3. The third-order valence-electron chi connectivity index (χ3n) is 7.27. The summed E-state index contributed by atoms with van der Waals surface area (Å²) in [6, 6.07) is 22.8. The van der Waals surface area contributed by atoms with E-state index in [0.29, 0.717) is 13.0 Å². The first-order valence-corrected chi connectivity index (χ1v) is 13.4. The Kier molecular flexibility index (Phi) is 8.14. The summed E-state index contributed by atoms with van der Waals surface area (Å²) in [6.07, 6.45) is 5.76. The second-order valence-electron chi connectivity index (χ2n) is 10.1. The maximum absolute atomic E-state index is 13.1. The maximum atomic E-state index is 13.1. The SMILES string of the molecule is CNC(=O)CCCCC[C@H](NC(=O)CN1Cc2ccccc2C1)c1ncc(-c2ccc3ccccc3c2)[nH]1. The largest absolute Gasteiger partial charge is 0.359 e. The molecule has 1 aromatic heterocycles. The Hall–Kier alpha value is -3.97. The van der Waals surface area contributed by atoms with Gasteiger partial charge in [0.05, 0.1) is 24.5 Å². The minimum Gasteiger partial charge on any atom is -0.359 e. The zero-order valence-electron chi connectivity index (χ0n) is 21.9. The predicted molar refractivity (Wildman–Crippen MR) is 150 cm³/mol. The fourth-order valence-electron chi connectivity index (χ4n) is 5.19. The van der Waals surface area contributed by atoms with Crippen molar-refractivity contribution in [1.29, 1.82) is 0 Å². The van der Waals surface area contributed by atoms with Crippen molar-refractivity contribution in [2.45, 2.75) is 51.2 Å². The molecule has 5 rings (SSSR count). The molecule has 0 fully saturated rings. The van der Waals surface area contributed by atoms with E-state index >= 15 is 0 Å². The van der Waals surface area contributed by atoms with E-state index in [1.165, 1.54) is 21.9 Å². The van der Waals surface area contributed by atoms with Crippen molar-refractivity contribution in [2.75, 3.05) is 13.6 Å². The van der Waals surface area contributed by atoms with E-state index < -0.39 is 0 Å². The Balaban J connectivity index is 1.26. The van der Waals surface area contributed by atoms with Crippen LogP contribution in [0.15, 0.2) is 72.9 Å². The van der Waals surface area contributed by atoms with E-state index in [1.54, 1.807) is 7.05 Å². The molecule has 2 amide bonds. The van der Waals surface area contributed by atoms with Gasteiger partial charge in [-0.25, -0.2) is 4.98 Å². The molecular weight excluding hydrogens is 474 g/mol. The number of aromatic nitrogens is 2. The van der Waals surface area contributed by atoms with Gasteiger partial charge >= 0.3 is 0 Å². The number of amides is 2. The number of rotatable bonds is 11. The number of aromatic amines is 1. The van der Waals surface area contributed by atoms with Gasteiger partial charge < -0.3 is 15.6 Å². The summed E-state index contributed by atoms with van der Waals surface area (Å²) in [5, 5.41) is 8.28. The molecule has 3 aromatic carbocycles. The quantitative estimate of drug-likeness (QED) is 0.245. The van der Waals surface area contributed by atoms with Crippen molar-refractivity contribution >= 4 is 22.6 Å². The van der Waals surface area contributed by atoms with Crippen molar-refractivity contribution in [3.05, 3.63) is 89.9 Å². The molecule has 0 aliphatic carbocycles. The van der Waals surface area contributed by atoms with Crippen molar-refractivity contribution < 1.29 is 9.59 Å². The molecule has 0 spiro atoms. The molecule has 1 aliphatic rings. The van der Waals surface area contributed by atoms with Crippen LogP contribution in [0.1, 0.15) is 55.1 Å². The molecular formula is C31H35N5O2. The highest BCUT2D eigenvalue weighted by Gasteiger charge is 2.23. The molecule has 0 saturated carbocycles. The van der Waals surface area contributed by atoms with E-state index in [4.69, 9.17) is 0 Å². The average molecular weight is 510 g/mol. The highest BCUT2D eigenvalue weighted by atomic mass is 16.2. The van der Waals surface area contributed by atoms with Crippen LogP contribution < -0.4 is 10.6 Å². The fraction of sp³-hybridized carbons (Fsp3) is 0.323. The fourth-order valence-corrected chi connectivity index (χ4v) is 5.19. The molecule has 1 atom stereocenters. The van der Waals surface area contributed by atoms with Crippen LogP contribution in [0.4, 0.5) is 0 Å². The van der Waals surface area contributed by atoms with Crippen LogP contribution in [-0.4, -0.2) is 40.3 Å². The molecule has 196 valence electrons. The van der Waals surface area contributed by atoms with E-state index in [1.807, 2.05) is 30.5 Å². The Morgan fingerprint density at radius 1 is 0.921 bits per heavy atom. The average Bonchev–Trinajstić information content (AvgIpc) is 3.59. The third-order valence-corrected chi connectivity index (χ3v) is 7.27. The molecule has 1 aliphatic heterocycles. The molecule has 4 aromatic rings. The summed E-state index contributed by atoms with van der Waals surface area (Å²) >= 11 is 0. The lowest BCUT2D eigenvalue weighted by Gasteiger charge is -2.20. The number of imidazole rings is 1. The summed E-state index contributed by atoms with van der Waals surface area (Å²) in [5.41, 5.74) is 4.57. The molecule has 0 unspecified atom stereocenters. The number of unbranched alkanes of at least 4 members (excludes halogenated alkanes) is 2. The van der Waals surface area contributed by atoms with Crippen LogP contribution in [0.25, 0.3) is 22.0 Å². The second-order valence-corrected chi connectivity index (χ2v) is 10.1. The van der Waals surface area contributed by atoms with Gasteiger partial charge in [0.2, 0.25) is 11.8 Å². The van der Waals surface area contributed by atoms with Crippen LogP contribution in [0.2, 0.25) is 0 Å². The number of carbonyl (C=O) groups is 2. The van der Waals surface area contributed by atoms with Crippen LogP contribution in [0.5, 0.6) is 0 Å². The lowest BCUT2D eigenvalue weighted by atomic mass is 10.1. The van der Waals surface area contributed by atoms with Crippen LogP contribution >= 0.6 is 0 Å². The van der Waals surface area contributed by atoms with E-state index in [-0.39, 0.29) is 17.9 Å². The van der Waals surface area contributed by atoms with Crippen LogP contribution in [0, 0.1) is 0 Å². The van der Waals surface area contributed by atoms with Crippen molar-refractivity contribution in [3.8, 4) is 11.3 Å². The summed E-state index contributed by atoms with van der Waals surface area (Å²) in [7, 11) is 1.66. The van der Waals surface area contributed by atoms with Gasteiger partial charge in [-0.2, -0.15) is 0 Å². The summed E-state index contributed by atoms with van der Waals surface area (Å²) < 4.78 is 0. The topological polar surface area (TPSA) is 90.1 Å². The van der Waals surface area contributed by atoms with Gasteiger partial charge in [0, 0.05) is 32.1 Å². The van der Waals surface area contributed by atoms with Gasteiger partial charge in [-0.15, -0.1) is 0 Å². The number of H-pyrrole nitrogens is 1. The normalized spacial score (nSPS) is 13.8. The molecule has 3 N–H and O–H groups in total. The molecule has 0 saturated heterocycles. The minimum atomic E-state index is -0.221. The summed E-state index contributed by atoms with van der Waals surface area (Å²) in [5.74, 6) is 0.821. The van der Waals surface area contributed by atoms with Crippen LogP contribution in [-0.2, 0) is 22.7 Å². The smallest absolute Gasteiger partial charge is 0.234 e. The zero-order chi connectivity index (χ0) is 26.3. The van der Waals surface area contributed by atoms with E-state index in [0.717, 1.165) is 55.9 Å². The molecule has 0 radical (unpaired) electrons. The lowest BCUT2D eigenvalue weighted by Crippen LogP contribution is -2.37. The molecule has 7 nitrogen and oxygen atoms in total. The lowest BCUT2D eigenvalue weighted by molar-refractivity contribution is -0.123. The Bertz CT molecular complexity index is 1390. The maximum Gasteiger partial charge on any atom is 0.234 e. The highest BCUT2D eigenvalue weighted by Crippen LogP contribution is 2.26. The summed E-state index contributed by atoms with van der Waals surface area (Å²) in [4.78, 5) is 35.0. The van der Waals surface area contributed by atoms with Crippen molar-refractivity contribution in [1.82, 2.24) is 25.5 Å². The van der Waals surface area contributed by atoms with Crippen LogP contribution in [0.3, 0.4) is 0 Å². The highest BCUT2D eigenvalue weighted by molar-refractivity contribution is 5.86. The first-order chi connectivity index (χ1) is 18.6. The third kappa shape index (κ3) is 6.29. The Labute approximate surface area is 223 Å². The number of benzene rings is 3. The monoisotopic (exact) mass is 509 g/mol. The first kappa shape index (κ1) is 25.7. The predicted octanol–water partition coefficient (Wildman–Crippen LogP) is 5.10. The van der Waals surface area contributed by atoms with Crippen molar-refractivity contribution in [3.63, 3.8) is 0 Å². The molecule has 7 heteroatoms. The standard InChI is InChI=1S/C31H35N5O2/c1-32-29(37)14-4-2-3-13-27(34-30(38)21-36-19-25-11-7-8-12-26(25)20-36)31-33-18-28(35-31)24-16-15-22-9-5-6-10-23(22)17-24/h5-12,15-18,27H,2-4,13-14,19-21H2,1H3,(H,32,37)(H,33,35)(H,34,38)/t27-/m0/s1. The van der Waals surface area contributed by atoms with Gasteiger partial charge in [-0.1, -0.05) is 73.5 Å². The molecule has 0 bridgehead atoms. The van der Waals surface area contributed by atoms with E-state index in [2.05, 4.69) is 68.0 Å². The first-order valence-electron chi connectivity index (χ1n) is 13.4. The second kappa shape index (κ2) is 12.0. The van der Waals surface area contributed by atoms with Gasteiger partial charge in [-0.05, 0) is 40.8 Å². The van der Waals surface area contributed by atoms with Crippen molar-refractivity contribution in [2.24, 2.45) is 0 Å². The van der Waals surface area contributed by atoms with Gasteiger partial charge in [0.15, 0.2) is 0 Å². The van der Waals surface area contributed by atoms with Gasteiger partial charge in [-0.3, -0.25) is 14.5 Å². The number of hydrogen-bond acceptors (Lipinski definition) is 4. The molecule has 38 heavy (non-hydrogen) atoms. The minimum absolute atomic E-state index is 0.00294. The summed E-state index contributed by atoms with van der Waals surface area (Å²) in [6.45, 7) is 1.93. The Morgan fingerprint density at radius 2 is 1.66 bits per heavy atom. The number of hydrogen-bond donors (Lipinski definition) is 3. The number of fused-ring (bicyclic) bond motifs is 2. The van der Waals surface area contributed by atoms with Gasteiger partial charge in [0.1, 0.15) is 5.82 Å². The zero-order valence-corrected chi connectivity index (χ0v) is 21.9.